The van der Waals surface area contributed by atoms with Crippen molar-refractivity contribution in [1.29, 1.82) is 0 Å². The molecule has 116 valence electrons. The van der Waals surface area contributed by atoms with E-state index >= 15 is 0 Å². The first-order chi connectivity index (χ1) is 9.82. The first kappa shape index (κ1) is 15.8. The van der Waals surface area contributed by atoms with E-state index in [0.717, 1.165) is 10.1 Å². The molecule has 0 N–H and O–H groups in total. The monoisotopic (exact) mass is 312 g/mol. The molecule has 0 aliphatic carbocycles. The Morgan fingerprint density at radius 3 is 2.48 bits per heavy atom. The minimum atomic E-state index is -3.53. The van der Waals surface area contributed by atoms with Crippen molar-refractivity contribution in [1.82, 2.24) is 9.21 Å². The summed E-state index contributed by atoms with van der Waals surface area (Å²) in [6.07, 6.45) is 1.63. The lowest BCUT2D eigenvalue weighted by Gasteiger charge is -2.21. The zero-order valence-corrected chi connectivity index (χ0v) is 13.4. The summed E-state index contributed by atoms with van der Waals surface area (Å²) in [7, 11) is 1.35. The highest BCUT2D eigenvalue weighted by molar-refractivity contribution is 7.88. The molecule has 0 aliphatic rings. The van der Waals surface area contributed by atoms with Crippen LogP contribution in [0.3, 0.4) is 0 Å². The van der Waals surface area contributed by atoms with E-state index in [0.29, 0.717) is 12.3 Å². The second-order valence-electron chi connectivity index (χ2n) is 5.11. The molecular weight excluding hydrogens is 292 g/mol. The summed E-state index contributed by atoms with van der Waals surface area (Å²) in [5.74, 6) is 1.45. The maximum Gasteiger partial charge on any atom is 0.275 e. The topological polar surface area (TPSA) is 66.9 Å². The predicted octanol–water partition coefficient (Wildman–Crippen LogP) is 2.32. The van der Waals surface area contributed by atoms with Crippen molar-refractivity contribution >= 4 is 10.0 Å². The van der Waals surface area contributed by atoms with Gasteiger partial charge >= 0.3 is 0 Å². The molecule has 0 saturated heterocycles. The number of furan rings is 2. The summed E-state index contributed by atoms with van der Waals surface area (Å²) in [5.41, 5.74) is 0. The van der Waals surface area contributed by atoms with E-state index in [1.807, 2.05) is 31.0 Å². The summed E-state index contributed by atoms with van der Waals surface area (Å²) in [5, 5.41) is -0.0402. The molecule has 1 atom stereocenters. The third-order valence-corrected chi connectivity index (χ3v) is 5.08. The van der Waals surface area contributed by atoms with E-state index in [4.69, 9.17) is 8.83 Å². The number of hydrogen-bond donors (Lipinski definition) is 0. The number of nitrogens with zero attached hydrogens (tertiary/aromatic N) is 2. The lowest BCUT2D eigenvalue weighted by Crippen LogP contribution is -2.22. The van der Waals surface area contributed by atoms with Crippen LogP contribution in [0.4, 0.5) is 0 Å². The number of sulfonamides is 1. The van der Waals surface area contributed by atoms with Gasteiger partial charge in [-0.15, -0.1) is 0 Å². The summed E-state index contributed by atoms with van der Waals surface area (Å²) >= 11 is 0. The highest BCUT2D eigenvalue weighted by Gasteiger charge is 2.22. The number of hydrogen-bond acceptors (Lipinski definition) is 5. The first-order valence-electron chi connectivity index (χ1n) is 6.57. The Bertz CT molecular complexity index is 674. The zero-order valence-electron chi connectivity index (χ0n) is 12.6. The zero-order chi connectivity index (χ0) is 15.6. The van der Waals surface area contributed by atoms with Crippen molar-refractivity contribution in [2.75, 3.05) is 21.1 Å². The standard InChI is InChI=1S/C14H20N2O4S/c1-11(13-6-5-9-19-13)16(4)10-12-7-8-14(20-12)21(17,18)15(2)3/h5-9,11H,10H2,1-4H3. The highest BCUT2D eigenvalue weighted by Crippen LogP contribution is 2.23. The van der Waals surface area contributed by atoms with Gasteiger partial charge in [0.05, 0.1) is 18.8 Å². The van der Waals surface area contributed by atoms with Crippen LogP contribution in [0, 0.1) is 0 Å². The SMILES string of the molecule is CC(c1ccco1)N(C)Cc1ccc(S(=O)(=O)N(C)C)o1. The molecule has 0 bridgehead atoms. The molecule has 7 heteroatoms. The molecule has 0 aliphatic heterocycles. The molecule has 2 aromatic heterocycles. The van der Waals surface area contributed by atoms with Crippen LogP contribution in [0.2, 0.25) is 0 Å². The van der Waals surface area contributed by atoms with Gasteiger partial charge in [0.2, 0.25) is 5.09 Å². The Morgan fingerprint density at radius 1 is 1.19 bits per heavy atom. The van der Waals surface area contributed by atoms with E-state index in [2.05, 4.69) is 0 Å². The minimum Gasteiger partial charge on any atom is -0.468 e. The lowest BCUT2D eigenvalue weighted by molar-refractivity contribution is 0.202. The van der Waals surface area contributed by atoms with Gasteiger partial charge in [-0.25, -0.2) is 12.7 Å². The summed E-state index contributed by atoms with van der Waals surface area (Å²) in [6.45, 7) is 2.50. The van der Waals surface area contributed by atoms with Crippen LogP contribution in [0.15, 0.2) is 44.5 Å². The molecule has 2 heterocycles. The van der Waals surface area contributed by atoms with Crippen molar-refractivity contribution in [2.45, 2.75) is 24.6 Å². The van der Waals surface area contributed by atoms with Gasteiger partial charge in [-0.2, -0.15) is 0 Å². The van der Waals surface area contributed by atoms with Crippen LogP contribution in [-0.2, 0) is 16.6 Å². The van der Waals surface area contributed by atoms with Crippen molar-refractivity contribution in [3.63, 3.8) is 0 Å². The molecule has 0 spiro atoms. The molecule has 0 aromatic carbocycles. The van der Waals surface area contributed by atoms with Gasteiger partial charge in [-0.05, 0) is 38.2 Å². The van der Waals surface area contributed by atoms with Crippen LogP contribution in [-0.4, -0.2) is 38.8 Å². The third-order valence-electron chi connectivity index (χ3n) is 3.39. The van der Waals surface area contributed by atoms with Gasteiger partial charge in [0.15, 0.2) is 0 Å². The van der Waals surface area contributed by atoms with Crippen molar-refractivity contribution in [2.24, 2.45) is 0 Å². The molecule has 1 unspecified atom stereocenters. The fraction of sp³-hybridized carbons (Fsp3) is 0.429. The smallest absolute Gasteiger partial charge is 0.275 e. The van der Waals surface area contributed by atoms with Gasteiger partial charge in [-0.1, -0.05) is 0 Å². The largest absolute Gasteiger partial charge is 0.468 e. The van der Waals surface area contributed by atoms with Crippen LogP contribution >= 0.6 is 0 Å². The van der Waals surface area contributed by atoms with E-state index in [1.165, 1.54) is 20.2 Å². The highest BCUT2D eigenvalue weighted by atomic mass is 32.2. The summed E-state index contributed by atoms with van der Waals surface area (Å²) in [4.78, 5) is 2.02. The van der Waals surface area contributed by atoms with Crippen molar-refractivity contribution in [3.05, 3.63) is 42.0 Å². The minimum absolute atomic E-state index is 0.0402. The molecule has 2 rings (SSSR count). The van der Waals surface area contributed by atoms with Gasteiger partial charge in [0, 0.05) is 14.1 Å². The second-order valence-corrected chi connectivity index (χ2v) is 7.20. The predicted molar refractivity (Wildman–Crippen MR) is 78.2 cm³/mol. The van der Waals surface area contributed by atoms with E-state index in [-0.39, 0.29) is 11.1 Å². The van der Waals surface area contributed by atoms with Gasteiger partial charge in [-0.3, -0.25) is 4.90 Å². The normalized spacial score (nSPS) is 14.0. The molecule has 0 fully saturated rings. The second kappa shape index (κ2) is 6.05. The Balaban J connectivity index is 2.09. The average Bonchev–Trinajstić information content (AvgIpc) is 3.08. The molecule has 2 aromatic rings. The fourth-order valence-electron chi connectivity index (χ4n) is 1.89. The molecule has 6 nitrogen and oxygen atoms in total. The average molecular weight is 312 g/mol. The molecule has 0 amide bonds. The Hall–Kier alpha value is -1.57. The summed E-state index contributed by atoms with van der Waals surface area (Å²) < 4.78 is 35.9. The van der Waals surface area contributed by atoms with Gasteiger partial charge in [0.1, 0.15) is 11.5 Å². The Kier molecular flexibility index (Phi) is 4.55. The van der Waals surface area contributed by atoms with Crippen molar-refractivity contribution in [3.8, 4) is 0 Å². The Morgan fingerprint density at radius 2 is 1.90 bits per heavy atom. The fourth-order valence-corrected chi connectivity index (χ4v) is 2.70. The van der Waals surface area contributed by atoms with E-state index < -0.39 is 10.0 Å². The van der Waals surface area contributed by atoms with E-state index in [9.17, 15) is 8.42 Å². The molecule has 0 saturated carbocycles. The van der Waals surface area contributed by atoms with Crippen LogP contribution in [0.5, 0.6) is 0 Å². The molecule has 0 radical (unpaired) electrons. The van der Waals surface area contributed by atoms with Crippen LogP contribution in [0.25, 0.3) is 0 Å². The van der Waals surface area contributed by atoms with Crippen molar-refractivity contribution < 1.29 is 17.3 Å². The maximum atomic E-state index is 12.0. The summed E-state index contributed by atoms with van der Waals surface area (Å²) in [6, 6.07) is 6.98. The first-order valence-corrected chi connectivity index (χ1v) is 8.01. The maximum absolute atomic E-state index is 12.0. The van der Waals surface area contributed by atoms with Crippen LogP contribution < -0.4 is 0 Å². The molecular formula is C14H20N2O4S. The third kappa shape index (κ3) is 3.37. The lowest BCUT2D eigenvalue weighted by atomic mass is 10.2. The quantitative estimate of drug-likeness (QED) is 0.819. The van der Waals surface area contributed by atoms with Crippen LogP contribution in [0.1, 0.15) is 24.5 Å². The van der Waals surface area contributed by atoms with Gasteiger partial charge < -0.3 is 8.83 Å². The number of rotatable bonds is 6. The van der Waals surface area contributed by atoms with E-state index in [1.54, 1.807) is 12.3 Å². The molecule has 21 heavy (non-hydrogen) atoms. The Labute approximate surface area is 125 Å². The van der Waals surface area contributed by atoms with Gasteiger partial charge in [0.25, 0.3) is 10.0 Å².